The minimum Gasteiger partial charge on any atom is -0.338 e. The number of nitrogens with zero attached hydrogens (tertiary/aromatic N) is 3. The number of hydrogen-bond acceptors (Lipinski definition) is 5. The molecule has 3 rings (SSSR count). The summed E-state index contributed by atoms with van der Waals surface area (Å²) < 4.78 is 3.31. The first-order valence-corrected chi connectivity index (χ1v) is 10.4. The summed E-state index contributed by atoms with van der Waals surface area (Å²) in [5.74, 6) is 0. The molecule has 0 radical (unpaired) electrons. The molecule has 2 N–H and O–H groups in total. The molecule has 0 unspecified atom stereocenters. The number of amides is 2. The van der Waals surface area contributed by atoms with Gasteiger partial charge in [0, 0.05) is 36.5 Å². The van der Waals surface area contributed by atoms with Crippen LogP contribution in [0.5, 0.6) is 0 Å². The van der Waals surface area contributed by atoms with E-state index < -0.39 is 0 Å². The SMILES string of the molecule is CCNC(=O)Nc1nc2cc(-c3cc(C)n(CC)c(=O)c3)c(=O)n(C(C)C)c2s1. The standard InChI is InChI=1S/C20H25N5O3S/c1-6-21-19(28)23-20-22-15-10-14(17(27)25(11(3)4)18(15)29-20)13-8-12(5)24(7-2)16(26)9-13/h8-11H,6-7H2,1-5H3,(H2,21,22,23,28). The van der Waals surface area contributed by atoms with Gasteiger partial charge in [-0.3, -0.25) is 19.5 Å². The molecule has 3 aromatic heterocycles. The lowest BCUT2D eigenvalue weighted by atomic mass is 10.1. The number of urea groups is 1. The van der Waals surface area contributed by atoms with E-state index in [2.05, 4.69) is 15.6 Å². The summed E-state index contributed by atoms with van der Waals surface area (Å²) in [5.41, 5.74) is 2.06. The summed E-state index contributed by atoms with van der Waals surface area (Å²) in [5, 5.41) is 5.77. The number of fused-ring (bicyclic) bond motifs is 1. The molecule has 0 aliphatic carbocycles. The second-order valence-electron chi connectivity index (χ2n) is 6.99. The van der Waals surface area contributed by atoms with Crippen molar-refractivity contribution in [1.29, 1.82) is 0 Å². The lowest BCUT2D eigenvalue weighted by Crippen LogP contribution is -2.28. The molecule has 2 amide bonds. The van der Waals surface area contributed by atoms with Gasteiger partial charge in [-0.15, -0.1) is 0 Å². The maximum Gasteiger partial charge on any atom is 0.321 e. The van der Waals surface area contributed by atoms with Crippen molar-refractivity contribution < 1.29 is 4.79 Å². The van der Waals surface area contributed by atoms with Gasteiger partial charge in [0.25, 0.3) is 11.1 Å². The zero-order valence-corrected chi connectivity index (χ0v) is 18.0. The lowest BCUT2D eigenvalue weighted by Gasteiger charge is -2.14. The number of thiazole rings is 1. The summed E-state index contributed by atoms with van der Waals surface area (Å²) in [6.07, 6.45) is 0. The van der Waals surface area contributed by atoms with Crippen molar-refractivity contribution in [1.82, 2.24) is 19.4 Å². The minimum atomic E-state index is -0.343. The Morgan fingerprint density at radius 2 is 1.93 bits per heavy atom. The van der Waals surface area contributed by atoms with E-state index in [0.717, 1.165) is 5.69 Å². The van der Waals surface area contributed by atoms with E-state index in [9.17, 15) is 14.4 Å². The summed E-state index contributed by atoms with van der Waals surface area (Å²) >= 11 is 1.25. The van der Waals surface area contributed by atoms with Gasteiger partial charge in [-0.25, -0.2) is 9.78 Å². The van der Waals surface area contributed by atoms with E-state index in [1.54, 1.807) is 15.2 Å². The quantitative estimate of drug-likeness (QED) is 0.668. The molecule has 0 aliphatic rings. The Morgan fingerprint density at radius 3 is 2.52 bits per heavy atom. The number of rotatable bonds is 5. The van der Waals surface area contributed by atoms with Crippen LogP contribution in [0.15, 0.2) is 27.8 Å². The average molecular weight is 416 g/mol. The predicted molar refractivity (Wildman–Crippen MR) is 117 cm³/mol. The van der Waals surface area contributed by atoms with Crippen LogP contribution in [0.2, 0.25) is 0 Å². The van der Waals surface area contributed by atoms with Crippen LogP contribution >= 0.6 is 11.3 Å². The number of aromatic nitrogens is 3. The third-order valence-corrected chi connectivity index (χ3v) is 5.61. The Labute approximate surface area is 172 Å². The van der Waals surface area contributed by atoms with Crippen LogP contribution in [0.3, 0.4) is 0 Å². The van der Waals surface area contributed by atoms with E-state index in [1.165, 1.54) is 17.4 Å². The van der Waals surface area contributed by atoms with Crippen LogP contribution in [0.1, 0.15) is 39.4 Å². The number of hydrogen-bond donors (Lipinski definition) is 2. The largest absolute Gasteiger partial charge is 0.338 e. The maximum atomic E-state index is 13.3. The molecule has 0 bridgehead atoms. The Bertz CT molecular complexity index is 1190. The van der Waals surface area contributed by atoms with Crippen LogP contribution in [0.4, 0.5) is 9.93 Å². The van der Waals surface area contributed by atoms with Crippen molar-refractivity contribution in [3.05, 3.63) is 44.6 Å². The molecule has 8 nitrogen and oxygen atoms in total. The highest BCUT2D eigenvalue weighted by Gasteiger charge is 2.18. The monoisotopic (exact) mass is 415 g/mol. The first-order chi connectivity index (χ1) is 13.8. The predicted octanol–water partition coefficient (Wildman–Crippen LogP) is 3.34. The van der Waals surface area contributed by atoms with Crippen LogP contribution in [0.25, 0.3) is 21.5 Å². The molecule has 3 heterocycles. The van der Waals surface area contributed by atoms with Crippen LogP contribution in [-0.2, 0) is 6.54 Å². The molecule has 0 aliphatic heterocycles. The molecule has 0 fully saturated rings. The first kappa shape index (κ1) is 20.8. The number of pyridine rings is 2. The smallest absolute Gasteiger partial charge is 0.321 e. The zero-order chi connectivity index (χ0) is 21.3. The van der Waals surface area contributed by atoms with Gasteiger partial charge in [-0.05, 0) is 52.3 Å². The fourth-order valence-electron chi connectivity index (χ4n) is 3.33. The van der Waals surface area contributed by atoms with Crippen molar-refractivity contribution in [3.63, 3.8) is 0 Å². The number of carbonyl (C=O) groups is 1. The first-order valence-electron chi connectivity index (χ1n) is 9.59. The zero-order valence-electron chi connectivity index (χ0n) is 17.2. The summed E-state index contributed by atoms with van der Waals surface area (Å²) in [6.45, 7) is 10.5. The molecular formula is C20H25N5O3S. The second kappa shape index (κ2) is 8.20. The van der Waals surface area contributed by atoms with Gasteiger partial charge in [0.1, 0.15) is 10.3 Å². The minimum absolute atomic E-state index is 0.111. The molecular weight excluding hydrogens is 390 g/mol. The van der Waals surface area contributed by atoms with E-state index >= 15 is 0 Å². The number of anilines is 1. The highest BCUT2D eigenvalue weighted by atomic mass is 32.1. The van der Waals surface area contributed by atoms with Crippen molar-refractivity contribution in [2.45, 2.75) is 47.2 Å². The Hall–Kier alpha value is -2.94. The summed E-state index contributed by atoms with van der Waals surface area (Å²) in [4.78, 5) is 42.7. The number of carbonyl (C=O) groups excluding carboxylic acids is 1. The number of nitrogens with one attached hydrogen (secondary N) is 2. The van der Waals surface area contributed by atoms with Crippen molar-refractivity contribution >= 4 is 32.8 Å². The van der Waals surface area contributed by atoms with Crippen molar-refractivity contribution in [2.75, 3.05) is 11.9 Å². The Morgan fingerprint density at radius 1 is 1.21 bits per heavy atom. The Balaban J connectivity index is 2.22. The van der Waals surface area contributed by atoms with Crippen molar-refractivity contribution in [3.8, 4) is 11.1 Å². The van der Waals surface area contributed by atoms with Gasteiger partial charge >= 0.3 is 6.03 Å². The average Bonchev–Trinajstić information content (AvgIpc) is 3.02. The third-order valence-electron chi connectivity index (χ3n) is 4.62. The highest BCUT2D eigenvalue weighted by Crippen LogP contribution is 2.29. The van der Waals surface area contributed by atoms with Gasteiger partial charge in [0.05, 0.1) is 0 Å². The van der Waals surface area contributed by atoms with Crippen molar-refractivity contribution in [2.24, 2.45) is 0 Å². The second-order valence-corrected chi connectivity index (χ2v) is 7.97. The van der Waals surface area contributed by atoms with Gasteiger partial charge < -0.3 is 9.88 Å². The topological polar surface area (TPSA) is 98.0 Å². The molecule has 0 spiro atoms. The molecule has 0 atom stereocenters. The van der Waals surface area contributed by atoms with E-state index in [4.69, 9.17) is 0 Å². The molecule has 3 aromatic rings. The van der Waals surface area contributed by atoms with Crippen LogP contribution < -0.4 is 21.8 Å². The molecule has 9 heteroatoms. The van der Waals surface area contributed by atoms with Crippen LogP contribution in [0, 0.1) is 6.92 Å². The molecule has 0 saturated carbocycles. The van der Waals surface area contributed by atoms with E-state index in [1.807, 2.05) is 40.7 Å². The Kier molecular flexibility index (Phi) is 5.88. The summed E-state index contributed by atoms with van der Waals surface area (Å²) in [6, 6.07) is 4.58. The maximum absolute atomic E-state index is 13.3. The molecule has 29 heavy (non-hydrogen) atoms. The normalized spacial score (nSPS) is 11.2. The van der Waals surface area contributed by atoms with Gasteiger partial charge in [0.2, 0.25) is 0 Å². The van der Waals surface area contributed by atoms with Gasteiger partial charge in [-0.2, -0.15) is 0 Å². The molecule has 0 saturated heterocycles. The molecule has 0 aromatic carbocycles. The van der Waals surface area contributed by atoms with Gasteiger partial charge in [-0.1, -0.05) is 11.3 Å². The van der Waals surface area contributed by atoms with E-state index in [0.29, 0.717) is 39.7 Å². The third kappa shape index (κ3) is 3.95. The van der Waals surface area contributed by atoms with Gasteiger partial charge in [0.15, 0.2) is 5.13 Å². The molecule has 154 valence electrons. The van der Waals surface area contributed by atoms with E-state index in [-0.39, 0.29) is 23.2 Å². The fraction of sp³-hybridized carbons (Fsp3) is 0.400. The number of aryl methyl sites for hydroxylation is 1. The summed E-state index contributed by atoms with van der Waals surface area (Å²) in [7, 11) is 0. The fourth-order valence-corrected chi connectivity index (χ4v) is 4.40. The van der Waals surface area contributed by atoms with Crippen LogP contribution in [-0.4, -0.2) is 26.7 Å². The highest BCUT2D eigenvalue weighted by molar-refractivity contribution is 7.22. The lowest BCUT2D eigenvalue weighted by molar-refractivity contribution is 0.252.